The summed E-state index contributed by atoms with van der Waals surface area (Å²) in [5.41, 5.74) is 5.59. The van der Waals surface area contributed by atoms with Crippen molar-refractivity contribution >= 4 is 11.3 Å². The molecular weight excluding hydrogens is 156 g/mol. The standard InChI is InChI=1S/C8H14N2S/c1-2-10-7(6-9)8-4-3-5-11-8/h3-5,7,10H,2,6,9H2,1H3. The van der Waals surface area contributed by atoms with Crippen molar-refractivity contribution < 1.29 is 0 Å². The van der Waals surface area contributed by atoms with Gasteiger partial charge in [-0.05, 0) is 18.0 Å². The molecule has 62 valence electrons. The van der Waals surface area contributed by atoms with Crippen molar-refractivity contribution in [2.45, 2.75) is 13.0 Å². The third-order valence-corrected chi connectivity index (χ3v) is 2.56. The van der Waals surface area contributed by atoms with E-state index in [-0.39, 0.29) is 0 Å². The number of nitrogens with two attached hydrogens (primary N) is 1. The zero-order valence-corrected chi connectivity index (χ0v) is 7.53. The van der Waals surface area contributed by atoms with E-state index >= 15 is 0 Å². The number of likely N-dealkylation sites (N-methyl/N-ethyl adjacent to an activating group) is 1. The molecule has 0 amide bonds. The van der Waals surface area contributed by atoms with Crippen LogP contribution in [0.2, 0.25) is 0 Å². The largest absolute Gasteiger partial charge is 0.329 e. The molecule has 0 saturated carbocycles. The second-order valence-electron chi connectivity index (χ2n) is 2.36. The molecule has 0 radical (unpaired) electrons. The Balaban J connectivity index is 2.56. The van der Waals surface area contributed by atoms with Crippen LogP contribution >= 0.6 is 11.3 Å². The summed E-state index contributed by atoms with van der Waals surface area (Å²) in [6.45, 7) is 3.74. The number of hydrogen-bond donors (Lipinski definition) is 2. The smallest absolute Gasteiger partial charge is 0.0539 e. The molecule has 1 heterocycles. The van der Waals surface area contributed by atoms with Gasteiger partial charge in [-0.2, -0.15) is 0 Å². The van der Waals surface area contributed by atoms with Crippen LogP contribution in [-0.2, 0) is 0 Å². The van der Waals surface area contributed by atoms with E-state index in [2.05, 4.69) is 29.8 Å². The van der Waals surface area contributed by atoms with E-state index in [9.17, 15) is 0 Å². The van der Waals surface area contributed by atoms with Crippen molar-refractivity contribution in [3.8, 4) is 0 Å². The van der Waals surface area contributed by atoms with Crippen LogP contribution in [0.1, 0.15) is 17.8 Å². The molecule has 1 aromatic heterocycles. The maximum atomic E-state index is 5.59. The summed E-state index contributed by atoms with van der Waals surface area (Å²) in [6.07, 6.45) is 0. The molecule has 0 bridgehead atoms. The summed E-state index contributed by atoms with van der Waals surface area (Å²) in [5.74, 6) is 0. The molecule has 0 spiro atoms. The van der Waals surface area contributed by atoms with Gasteiger partial charge in [0.1, 0.15) is 0 Å². The maximum Gasteiger partial charge on any atom is 0.0539 e. The van der Waals surface area contributed by atoms with Crippen LogP contribution in [-0.4, -0.2) is 13.1 Å². The molecule has 11 heavy (non-hydrogen) atoms. The molecule has 0 aliphatic rings. The van der Waals surface area contributed by atoms with Gasteiger partial charge in [0.05, 0.1) is 6.04 Å². The Labute approximate surface area is 71.4 Å². The van der Waals surface area contributed by atoms with Crippen LogP contribution in [0.15, 0.2) is 17.5 Å². The van der Waals surface area contributed by atoms with Crippen molar-refractivity contribution in [3.63, 3.8) is 0 Å². The van der Waals surface area contributed by atoms with E-state index in [1.54, 1.807) is 11.3 Å². The predicted octanol–water partition coefficient (Wildman–Crippen LogP) is 1.36. The Kier molecular flexibility index (Phi) is 3.56. The van der Waals surface area contributed by atoms with Gasteiger partial charge < -0.3 is 11.1 Å². The van der Waals surface area contributed by atoms with Crippen molar-refractivity contribution in [2.24, 2.45) is 5.73 Å². The lowest BCUT2D eigenvalue weighted by molar-refractivity contribution is 0.570. The maximum absolute atomic E-state index is 5.59. The summed E-state index contributed by atoms with van der Waals surface area (Å²) in [5, 5.41) is 5.40. The van der Waals surface area contributed by atoms with Crippen molar-refractivity contribution in [1.29, 1.82) is 0 Å². The van der Waals surface area contributed by atoms with E-state index in [1.165, 1.54) is 4.88 Å². The van der Waals surface area contributed by atoms with Gasteiger partial charge in [-0.1, -0.05) is 13.0 Å². The molecule has 1 rings (SSSR count). The summed E-state index contributed by atoms with van der Waals surface area (Å²) in [4.78, 5) is 1.33. The van der Waals surface area contributed by atoms with Gasteiger partial charge in [0.25, 0.3) is 0 Å². The average Bonchev–Trinajstić information content (AvgIpc) is 2.52. The molecule has 1 unspecified atom stereocenters. The highest BCUT2D eigenvalue weighted by Crippen LogP contribution is 2.17. The van der Waals surface area contributed by atoms with Crippen LogP contribution < -0.4 is 11.1 Å². The second kappa shape index (κ2) is 4.49. The molecule has 2 nitrogen and oxygen atoms in total. The lowest BCUT2D eigenvalue weighted by Gasteiger charge is -2.12. The Morgan fingerprint density at radius 2 is 2.55 bits per heavy atom. The average molecular weight is 170 g/mol. The lowest BCUT2D eigenvalue weighted by atomic mass is 10.2. The number of rotatable bonds is 4. The first-order chi connectivity index (χ1) is 5.38. The second-order valence-corrected chi connectivity index (χ2v) is 3.34. The monoisotopic (exact) mass is 170 g/mol. The van der Waals surface area contributed by atoms with E-state index in [1.807, 2.05) is 0 Å². The number of nitrogens with one attached hydrogen (secondary N) is 1. The highest BCUT2D eigenvalue weighted by atomic mass is 32.1. The fourth-order valence-electron chi connectivity index (χ4n) is 1.04. The lowest BCUT2D eigenvalue weighted by Crippen LogP contribution is -2.27. The molecule has 0 aliphatic carbocycles. The minimum Gasteiger partial charge on any atom is -0.329 e. The predicted molar refractivity (Wildman–Crippen MR) is 49.8 cm³/mol. The fraction of sp³-hybridized carbons (Fsp3) is 0.500. The highest BCUT2D eigenvalue weighted by molar-refractivity contribution is 7.10. The van der Waals surface area contributed by atoms with Crippen LogP contribution in [0, 0.1) is 0 Å². The van der Waals surface area contributed by atoms with E-state index < -0.39 is 0 Å². The topological polar surface area (TPSA) is 38.0 Å². The zero-order valence-electron chi connectivity index (χ0n) is 6.71. The third kappa shape index (κ3) is 2.29. The van der Waals surface area contributed by atoms with Gasteiger partial charge in [0, 0.05) is 11.4 Å². The van der Waals surface area contributed by atoms with Crippen LogP contribution in [0.5, 0.6) is 0 Å². The van der Waals surface area contributed by atoms with Gasteiger partial charge >= 0.3 is 0 Å². The molecule has 0 fully saturated rings. The van der Waals surface area contributed by atoms with Crippen molar-refractivity contribution in [2.75, 3.05) is 13.1 Å². The van der Waals surface area contributed by atoms with Gasteiger partial charge in [-0.3, -0.25) is 0 Å². The minimum absolute atomic E-state index is 0.347. The van der Waals surface area contributed by atoms with Gasteiger partial charge in [-0.15, -0.1) is 11.3 Å². The summed E-state index contributed by atoms with van der Waals surface area (Å²) in [6, 6.07) is 4.52. The van der Waals surface area contributed by atoms with E-state index in [0.29, 0.717) is 12.6 Å². The Morgan fingerprint density at radius 1 is 1.73 bits per heavy atom. The molecule has 0 aromatic carbocycles. The Bertz CT molecular complexity index is 184. The van der Waals surface area contributed by atoms with Gasteiger partial charge in [0.2, 0.25) is 0 Å². The molecular formula is C8H14N2S. The van der Waals surface area contributed by atoms with Gasteiger partial charge in [-0.25, -0.2) is 0 Å². The molecule has 3 N–H and O–H groups in total. The van der Waals surface area contributed by atoms with Gasteiger partial charge in [0.15, 0.2) is 0 Å². The number of hydrogen-bond acceptors (Lipinski definition) is 3. The van der Waals surface area contributed by atoms with Crippen LogP contribution in [0.4, 0.5) is 0 Å². The zero-order chi connectivity index (χ0) is 8.10. The summed E-state index contributed by atoms with van der Waals surface area (Å²) < 4.78 is 0. The quantitative estimate of drug-likeness (QED) is 0.716. The molecule has 0 saturated heterocycles. The van der Waals surface area contributed by atoms with Crippen LogP contribution in [0.25, 0.3) is 0 Å². The Hall–Kier alpha value is -0.380. The minimum atomic E-state index is 0.347. The molecule has 1 atom stereocenters. The first-order valence-electron chi connectivity index (χ1n) is 3.85. The molecule has 3 heteroatoms. The molecule has 1 aromatic rings. The highest BCUT2D eigenvalue weighted by Gasteiger charge is 2.07. The number of thiophene rings is 1. The summed E-state index contributed by atoms with van der Waals surface area (Å²) >= 11 is 1.75. The normalized spacial score (nSPS) is 13.3. The van der Waals surface area contributed by atoms with E-state index in [0.717, 1.165) is 6.54 Å². The van der Waals surface area contributed by atoms with Crippen molar-refractivity contribution in [3.05, 3.63) is 22.4 Å². The SMILES string of the molecule is CCNC(CN)c1cccs1. The molecule has 0 aliphatic heterocycles. The first kappa shape index (κ1) is 8.71. The van der Waals surface area contributed by atoms with Crippen molar-refractivity contribution in [1.82, 2.24) is 5.32 Å². The first-order valence-corrected chi connectivity index (χ1v) is 4.73. The summed E-state index contributed by atoms with van der Waals surface area (Å²) in [7, 11) is 0. The third-order valence-electron chi connectivity index (χ3n) is 1.57. The Morgan fingerprint density at radius 3 is 3.00 bits per heavy atom. The van der Waals surface area contributed by atoms with Crippen LogP contribution in [0.3, 0.4) is 0 Å². The fourth-order valence-corrected chi connectivity index (χ4v) is 1.85. The van der Waals surface area contributed by atoms with E-state index in [4.69, 9.17) is 5.73 Å².